The lowest BCUT2D eigenvalue weighted by molar-refractivity contribution is -0.387. The van der Waals surface area contributed by atoms with Gasteiger partial charge >= 0.3 is 5.69 Å². The molecule has 154 valence electrons. The number of benzene rings is 2. The third-order valence-corrected chi connectivity index (χ3v) is 4.47. The van der Waals surface area contributed by atoms with Crippen molar-refractivity contribution in [3.63, 3.8) is 0 Å². The second-order valence-corrected chi connectivity index (χ2v) is 6.80. The molecule has 2 aromatic rings. The highest BCUT2D eigenvalue weighted by Crippen LogP contribution is 2.38. The molecule has 1 aliphatic rings. The molecule has 8 nitrogen and oxygen atoms in total. The summed E-state index contributed by atoms with van der Waals surface area (Å²) >= 11 is 0. The zero-order valence-corrected chi connectivity index (χ0v) is 16.3. The lowest BCUT2D eigenvalue weighted by Gasteiger charge is -2.19. The number of ether oxygens (including phenoxy) is 2. The van der Waals surface area contributed by atoms with Gasteiger partial charge in [0.2, 0.25) is 11.7 Å². The predicted molar refractivity (Wildman–Crippen MR) is 106 cm³/mol. The third kappa shape index (κ3) is 4.56. The van der Waals surface area contributed by atoms with E-state index >= 15 is 0 Å². The maximum Gasteiger partial charge on any atom is 0.306 e. The Morgan fingerprint density at radius 1 is 1.41 bits per heavy atom. The Balaban J connectivity index is 1.75. The average molecular weight is 403 g/mol. The van der Waals surface area contributed by atoms with Crippen LogP contribution in [-0.2, 0) is 11.2 Å². The van der Waals surface area contributed by atoms with Crippen LogP contribution in [0.4, 0.5) is 21.5 Å². The van der Waals surface area contributed by atoms with Gasteiger partial charge in [-0.2, -0.15) is 4.39 Å². The zero-order valence-electron chi connectivity index (χ0n) is 16.3. The van der Waals surface area contributed by atoms with Crippen LogP contribution in [0.5, 0.6) is 11.5 Å². The van der Waals surface area contributed by atoms with Gasteiger partial charge in [-0.3, -0.25) is 14.9 Å². The molecule has 1 amide bonds. The Morgan fingerprint density at radius 2 is 2.17 bits per heavy atom. The number of rotatable bonds is 7. The van der Waals surface area contributed by atoms with Gasteiger partial charge in [-0.05, 0) is 39.0 Å². The van der Waals surface area contributed by atoms with E-state index in [9.17, 15) is 19.3 Å². The van der Waals surface area contributed by atoms with Crippen LogP contribution in [0, 0.1) is 15.9 Å². The summed E-state index contributed by atoms with van der Waals surface area (Å²) in [5.74, 6) is -0.0534. The van der Waals surface area contributed by atoms with Crippen LogP contribution in [-0.4, -0.2) is 29.6 Å². The van der Waals surface area contributed by atoms with Crippen molar-refractivity contribution >= 4 is 23.0 Å². The minimum atomic E-state index is -0.965. The van der Waals surface area contributed by atoms with Crippen molar-refractivity contribution in [3.8, 4) is 11.5 Å². The smallest absolute Gasteiger partial charge is 0.306 e. The molecule has 0 aliphatic carbocycles. The number of carbonyl (C=O) groups is 1. The van der Waals surface area contributed by atoms with E-state index in [4.69, 9.17) is 9.47 Å². The second kappa shape index (κ2) is 8.34. The number of nitro groups is 1. The lowest BCUT2D eigenvalue weighted by atomic mass is 10.1. The molecular weight excluding hydrogens is 381 g/mol. The van der Waals surface area contributed by atoms with E-state index < -0.39 is 28.4 Å². The second-order valence-electron chi connectivity index (χ2n) is 6.80. The van der Waals surface area contributed by atoms with E-state index in [1.54, 1.807) is 13.0 Å². The summed E-state index contributed by atoms with van der Waals surface area (Å²) in [5, 5.41) is 16.5. The van der Waals surface area contributed by atoms with Gasteiger partial charge in [0, 0.05) is 29.8 Å². The first-order valence-corrected chi connectivity index (χ1v) is 9.26. The first-order valence-electron chi connectivity index (χ1n) is 9.26. The fourth-order valence-electron chi connectivity index (χ4n) is 3.11. The fourth-order valence-corrected chi connectivity index (χ4v) is 3.11. The van der Waals surface area contributed by atoms with Crippen molar-refractivity contribution < 1.29 is 23.6 Å². The highest BCUT2D eigenvalue weighted by Gasteiger charge is 2.24. The summed E-state index contributed by atoms with van der Waals surface area (Å²) < 4.78 is 24.9. The number of nitrogens with one attached hydrogen (secondary N) is 2. The molecule has 0 bridgehead atoms. The summed E-state index contributed by atoms with van der Waals surface area (Å²) in [4.78, 5) is 22.6. The molecule has 2 N–H and O–H groups in total. The molecule has 0 fully saturated rings. The molecule has 0 aromatic heterocycles. The number of hydrogen-bond acceptors (Lipinski definition) is 6. The van der Waals surface area contributed by atoms with Gasteiger partial charge in [0.25, 0.3) is 0 Å². The molecule has 0 saturated carbocycles. The summed E-state index contributed by atoms with van der Waals surface area (Å²) in [7, 11) is 0. The molecule has 0 radical (unpaired) electrons. The van der Waals surface area contributed by atoms with Crippen LogP contribution in [0.15, 0.2) is 30.3 Å². The summed E-state index contributed by atoms with van der Waals surface area (Å²) in [5.41, 5.74) is 1.08. The Kier molecular flexibility index (Phi) is 5.86. The van der Waals surface area contributed by atoms with Gasteiger partial charge in [-0.25, -0.2) is 0 Å². The molecular formula is C20H22FN3O5. The average Bonchev–Trinajstić information content (AvgIpc) is 3.02. The van der Waals surface area contributed by atoms with Crippen molar-refractivity contribution in [1.82, 2.24) is 0 Å². The standard InChI is InChI=1S/C20H22FN3O5/c1-4-28-19-8-13-7-11(2)29-18(13)10-16(19)22-12(3)20(25)23-14-5-6-15(21)17(9-14)24(26)27/h5-6,8-12,22H,4,7H2,1-3H3,(H,23,25)/t11-,12-/m1/s1. The zero-order chi connectivity index (χ0) is 21.1. The van der Waals surface area contributed by atoms with Gasteiger partial charge in [0.05, 0.1) is 17.2 Å². The van der Waals surface area contributed by atoms with Crippen molar-refractivity contribution in [2.45, 2.75) is 39.3 Å². The predicted octanol–water partition coefficient (Wildman–Crippen LogP) is 3.90. The molecule has 1 heterocycles. The Bertz CT molecular complexity index is 950. The summed E-state index contributed by atoms with van der Waals surface area (Å²) in [6.45, 7) is 5.95. The molecule has 9 heteroatoms. The van der Waals surface area contributed by atoms with Crippen LogP contribution in [0.25, 0.3) is 0 Å². The Labute approximate surface area is 167 Å². The molecule has 2 aromatic carbocycles. The van der Waals surface area contributed by atoms with E-state index in [0.717, 1.165) is 29.9 Å². The Morgan fingerprint density at radius 3 is 2.86 bits per heavy atom. The molecule has 0 unspecified atom stereocenters. The number of amides is 1. The van der Waals surface area contributed by atoms with Crippen molar-refractivity contribution in [2.75, 3.05) is 17.2 Å². The van der Waals surface area contributed by atoms with E-state index in [1.165, 1.54) is 6.07 Å². The minimum absolute atomic E-state index is 0.0738. The van der Waals surface area contributed by atoms with Crippen LogP contribution < -0.4 is 20.1 Å². The normalized spacial score (nSPS) is 15.8. The summed E-state index contributed by atoms with van der Waals surface area (Å²) in [6, 6.07) is 6.20. The quantitative estimate of drug-likeness (QED) is 0.537. The Hall–Kier alpha value is -3.36. The van der Waals surface area contributed by atoms with E-state index in [2.05, 4.69) is 10.6 Å². The fraction of sp³-hybridized carbons (Fsp3) is 0.350. The number of halogens is 1. The van der Waals surface area contributed by atoms with Crippen LogP contribution in [0.3, 0.4) is 0 Å². The van der Waals surface area contributed by atoms with Crippen LogP contribution >= 0.6 is 0 Å². The number of hydrogen-bond donors (Lipinski definition) is 2. The first kappa shape index (κ1) is 20.4. The first-order chi connectivity index (χ1) is 13.8. The largest absolute Gasteiger partial charge is 0.492 e. The van der Waals surface area contributed by atoms with E-state index in [-0.39, 0.29) is 11.8 Å². The number of nitrogens with zero attached hydrogens (tertiary/aromatic N) is 1. The lowest BCUT2D eigenvalue weighted by Crippen LogP contribution is -2.32. The maximum atomic E-state index is 13.5. The van der Waals surface area contributed by atoms with Crippen molar-refractivity contribution in [2.24, 2.45) is 0 Å². The van der Waals surface area contributed by atoms with E-state index in [1.807, 2.05) is 19.9 Å². The van der Waals surface area contributed by atoms with Gasteiger partial charge in [-0.15, -0.1) is 0 Å². The van der Waals surface area contributed by atoms with Gasteiger partial charge < -0.3 is 20.1 Å². The topological polar surface area (TPSA) is 103 Å². The molecule has 1 aliphatic heterocycles. The molecule has 0 spiro atoms. The molecule has 0 saturated heterocycles. The van der Waals surface area contributed by atoms with Crippen molar-refractivity contribution in [1.29, 1.82) is 0 Å². The van der Waals surface area contributed by atoms with Gasteiger partial charge in [0.15, 0.2) is 0 Å². The highest BCUT2D eigenvalue weighted by molar-refractivity contribution is 5.96. The number of nitro benzene ring substituents is 1. The van der Waals surface area contributed by atoms with Crippen LogP contribution in [0.1, 0.15) is 26.3 Å². The van der Waals surface area contributed by atoms with Gasteiger partial charge in [0.1, 0.15) is 23.6 Å². The number of fused-ring (bicyclic) bond motifs is 1. The van der Waals surface area contributed by atoms with E-state index in [0.29, 0.717) is 18.0 Å². The van der Waals surface area contributed by atoms with Crippen LogP contribution in [0.2, 0.25) is 0 Å². The highest BCUT2D eigenvalue weighted by atomic mass is 19.1. The summed E-state index contributed by atoms with van der Waals surface area (Å²) in [6.07, 6.45) is 0.861. The SMILES string of the molecule is CCOc1cc2c(cc1N[C@H](C)C(=O)Nc1ccc(F)c([N+](=O)[O-])c1)O[C@H](C)C2. The number of carbonyl (C=O) groups excluding carboxylic acids is 1. The maximum absolute atomic E-state index is 13.5. The monoisotopic (exact) mass is 403 g/mol. The van der Waals surface area contributed by atoms with Crippen molar-refractivity contribution in [3.05, 3.63) is 51.8 Å². The minimum Gasteiger partial charge on any atom is -0.492 e. The number of anilines is 2. The third-order valence-electron chi connectivity index (χ3n) is 4.47. The molecule has 29 heavy (non-hydrogen) atoms. The van der Waals surface area contributed by atoms with Gasteiger partial charge in [-0.1, -0.05) is 0 Å². The molecule has 2 atom stereocenters. The molecule has 3 rings (SSSR count).